The fraction of sp³-hybridized carbons (Fsp3) is 0.571. The molecule has 0 radical (unpaired) electrons. The van der Waals surface area contributed by atoms with Crippen LogP contribution >= 0.6 is 0 Å². The van der Waals surface area contributed by atoms with Gasteiger partial charge in [0.1, 0.15) is 0 Å². The van der Waals surface area contributed by atoms with E-state index < -0.39 is 0 Å². The number of hydrogen-bond donors (Lipinski definition) is 3. The molecule has 0 aliphatic heterocycles. The van der Waals surface area contributed by atoms with Gasteiger partial charge in [0.15, 0.2) is 11.5 Å². The van der Waals surface area contributed by atoms with Gasteiger partial charge in [-0.2, -0.15) is 0 Å². The van der Waals surface area contributed by atoms with Crippen molar-refractivity contribution < 1.29 is 9.47 Å². The van der Waals surface area contributed by atoms with E-state index in [1.807, 2.05) is 12.1 Å². The Labute approximate surface area is 115 Å². The summed E-state index contributed by atoms with van der Waals surface area (Å²) in [5.74, 6) is 6.78. The second-order valence-electron chi connectivity index (χ2n) is 5.21. The molecule has 1 aromatic rings. The quantitative estimate of drug-likeness (QED) is 0.301. The minimum absolute atomic E-state index is 0.0273. The molecule has 0 saturated carbocycles. The highest BCUT2D eigenvalue weighted by Crippen LogP contribution is 2.35. The van der Waals surface area contributed by atoms with Crippen molar-refractivity contribution in [3.63, 3.8) is 0 Å². The van der Waals surface area contributed by atoms with Crippen LogP contribution in [0.5, 0.6) is 11.5 Å². The summed E-state index contributed by atoms with van der Waals surface area (Å²) in [5, 5.41) is 3.26. The molecule has 4 N–H and O–H groups in total. The molecule has 0 aliphatic rings. The molecule has 108 valence electrons. The molecular weight excluding hydrogens is 242 g/mol. The molecule has 1 rings (SSSR count). The van der Waals surface area contributed by atoms with Crippen LogP contribution in [-0.4, -0.2) is 27.4 Å². The number of rotatable bonds is 7. The molecule has 0 unspecified atom stereocenters. The first kappa shape index (κ1) is 15.8. The Bertz CT molecular complexity index is 419. The maximum absolute atomic E-state index is 5.37. The number of nitrogens with two attached hydrogens (primary N) is 1. The molecule has 0 atom stereocenters. The van der Waals surface area contributed by atoms with E-state index in [0.717, 1.165) is 18.0 Å². The van der Waals surface area contributed by atoms with Gasteiger partial charge in [0.25, 0.3) is 0 Å². The number of hydrogen-bond acceptors (Lipinski definition) is 5. The second-order valence-corrected chi connectivity index (χ2v) is 5.21. The first-order chi connectivity index (χ1) is 8.96. The molecule has 0 heterocycles. The van der Waals surface area contributed by atoms with Crippen LogP contribution in [0.25, 0.3) is 0 Å². The van der Waals surface area contributed by atoms with Gasteiger partial charge >= 0.3 is 0 Å². The van der Waals surface area contributed by atoms with Crippen molar-refractivity contribution in [3.8, 4) is 11.5 Å². The summed E-state index contributed by atoms with van der Waals surface area (Å²) in [6.45, 7) is 7.85. The minimum atomic E-state index is -0.0273. The fourth-order valence-electron chi connectivity index (χ4n) is 2.25. The number of benzene rings is 1. The fourth-order valence-corrected chi connectivity index (χ4v) is 2.25. The van der Waals surface area contributed by atoms with Gasteiger partial charge in [-0.25, -0.2) is 5.43 Å². The predicted molar refractivity (Wildman–Crippen MR) is 77.5 cm³/mol. The third kappa shape index (κ3) is 3.83. The Morgan fingerprint density at radius 2 is 1.74 bits per heavy atom. The Morgan fingerprint density at radius 3 is 2.26 bits per heavy atom. The molecule has 19 heavy (non-hydrogen) atoms. The van der Waals surface area contributed by atoms with Gasteiger partial charge in [0.2, 0.25) is 0 Å². The molecule has 5 nitrogen and oxygen atoms in total. The smallest absolute Gasteiger partial charge is 0.161 e. The Hall–Kier alpha value is -1.30. The molecule has 0 bridgehead atoms. The van der Waals surface area contributed by atoms with Crippen molar-refractivity contribution >= 4 is 0 Å². The molecule has 1 aromatic carbocycles. The highest BCUT2D eigenvalue weighted by atomic mass is 16.5. The molecule has 0 aliphatic carbocycles. The molecular formula is C14H25N3O2. The normalized spacial score (nSPS) is 11.5. The number of aryl methyl sites for hydroxylation is 1. The lowest BCUT2D eigenvalue weighted by molar-refractivity contribution is 0.352. The van der Waals surface area contributed by atoms with Gasteiger partial charge in [-0.05, 0) is 30.2 Å². The SMILES string of the molecule is COc1cc(C)c(C(C)(C)CNCNN)cc1OC. The van der Waals surface area contributed by atoms with Crippen LogP contribution in [0.15, 0.2) is 12.1 Å². The maximum atomic E-state index is 5.37. The Morgan fingerprint density at radius 1 is 1.16 bits per heavy atom. The van der Waals surface area contributed by atoms with Crippen molar-refractivity contribution in [2.24, 2.45) is 5.84 Å². The van der Waals surface area contributed by atoms with Gasteiger partial charge in [0.05, 0.1) is 20.9 Å². The number of hydrazine groups is 1. The van der Waals surface area contributed by atoms with E-state index in [2.05, 4.69) is 31.5 Å². The van der Waals surface area contributed by atoms with Crippen LogP contribution in [0.1, 0.15) is 25.0 Å². The van der Waals surface area contributed by atoms with E-state index >= 15 is 0 Å². The van der Waals surface area contributed by atoms with E-state index in [9.17, 15) is 0 Å². The van der Waals surface area contributed by atoms with Crippen molar-refractivity contribution in [1.29, 1.82) is 0 Å². The molecule has 0 amide bonds. The third-order valence-electron chi connectivity index (χ3n) is 3.25. The molecule has 5 heteroatoms. The largest absolute Gasteiger partial charge is 0.493 e. The number of methoxy groups -OCH3 is 2. The zero-order chi connectivity index (χ0) is 14.5. The first-order valence-corrected chi connectivity index (χ1v) is 6.33. The van der Waals surface area contributed by atoms with Crippen LogP contribution in [-0.2, 0) is 5.41 Å². The standard InChI is InChI=1S/C14H25N3O2/c1-10-6-12(18-4)13(19-5)7-11(10)14(2,3)8-16-9-17-15/h6-7,16-17H,8-9,15H2,1-5H3. The van der Waals surface area contributed by atoms with E-state index in [1.54, 1.807) is 14.2 Å². The molecule has 0 fully saturated rings. The lowest BCUT2D eigenvalue weighted by atomic mass is 9.81. The van der Waals surface area contributed by atoms with Crippen molar-refractivity contribution in [1.82, 2.24) is 10.7 Å². The Balaban J connectivity index is 3.04. The van der Waals surface area contributed by atoms with Crippen LogP contribution in [0.3, 0.4) is 0 Å². The van der Waals surface area contributed by atoms with Crippen molar-refractivity contribution in [2.75, 3.05) is 27.4 Å². The van der Waals surface area contributed by atoms with Crippen LogP contribution < -0.4 is 26.1 Å². The van der Waals surface area contributed by atoms with Gasteiger partial charge in [-0.15, -0.1) is 0 Å². The van der Waals surface area contributed by atoms with E-state index in [0.29, 0.717) is 6.67 Å². The average Bonchev–Trinajstić information content (AvgIpc) is 2.38. The first-order valence-electron chi connectivity index (χ1n) is 6.33. The van der Waals surface area contributed by atoms with Crippen molar-refractivity contribution in [2.45, 2.75) is 26.2 Å². The second kappa shape index (κ2) is 6.75. The van der Waals surface area contributed by atoms with Gasteiger partial charge < -0.3 is 14.8 Å². The zero-order valence-electron chi connectivity index (χ0n) is 12.5. The summed E-state index contributed by atoms with van der Waals surface area (Å²) in [5.41, 5.74) is 4.98. The summed E-state index contributed by atoms with van der Waals surface area (Å²) in [7, 11) is 3.30. The average molecular weight is 267 g/mol. The lowest BCUT2D eigenvalue weighted by Gasteiger charge is -2.28. The highest BCUT2D eigenvalue weighted by Gasteiger charge is 2.24. The zero-order valence-corrected chi connectivity index (χ0v) is 12.5. The van der Waals surface area contributed by atoms with Gasteiger partial charge in [-0.3, -0.25) is 5.84 Å². The summed E-state index contributed by atoms with van der Waals surface area (Å²) < 4.78 is 10.7. The summed E-state index contributed by atoms with van der Waals surface area (Å²) in [6, 6.07) is 4.06. The highest BCUT2D eigenvalue weighted by molar-refractivity contribution is 5.49. The predicted octanol–water partition coefficient (Wildman–Crippen LogP) is 1.30. The lowest BCUT2D eigenvalue weighted by Crippen LogP contribution is -2.40. The van der Waals surface area contributed by atoms with E-state index in [-0.39, 0.29) is 5.41 Å². The third-order valence-corrected chi connectivity index (χ3v) is 3.25. The van der Waals surface area contributed by atoms with Gasteiger partial charge in [-0.1, -0.05) is 13.8 Å². The van der Waals surface area contributed by atoms with Crippen LogP contribution in [0, 0.1) is 6.92 Å². The number of nitrogens with one attached hydrogen (secondary N) is 2. The van der Waals surface area contributed by atoms with E-state index in [1.165, 1.54) is 11.1 Å². The summed E-state index contributed by atoms with van der Waals surface area (Å²) in [6.07, 6.45) is 0. The molecule has 0 aromatic heterocycles. The van der Waals surface area contributed by atoms with E-state index in [4.69, 9.17) is 15.3 Å². The van der Waals surface area contributed by atoms with Gasteiger partial charge in [0, 0.05) is 12.0 Å². The summed E-state index contributed by atoms with van der Waals surface area (Å²) >= 11 is 0. The van der Waals surface area contributed by atoms with Crippen LogP contribution in [0.4, 0.5) is 0 Å². The Kier molecular flexibility index (Phi) is 5.60. The topological polar surface area (TPSA) is 68.5 Å². The van der Waals surface area contributed by atoms with Crippen LogP contribution in [0.2, 0.25) is 0 Å². The number of ether oxygens (including phenoxy) is 2. The summed E-state index contributed by atoms with van der Waals surface area (Å²) in [4.78, 5) is 0. The van der Waals surface area contributed by atoms with Crippen molar-refractivity contribution in [3.05, 3.63) is 23.3 Å². The maximum Gasteiger partial charge on any atom is 0.161 e. The minimum Gasteiger partial charge on any atom is -0.493 e. The monoisotopic (exact) mass is 267 g/mol. The molecule has 0 saturated heterocycles. The molecule has 0 spiro atoms.